The van der Waals surface area contributed by atoms with Gasteiger partial charge in [-0.15, -0.1) is 0 Å². The van der Waals surface area contributed by atoms with Crippen LogP contribution in [0.2, 0.25) is 0 Å². The fourth-order valence-corrected chi connectivity index (χ4v) is 1.77. The van der Waals surface area contributed by atoms with E-state index in [9.17, 15) is 4.79 Å². The highest BCUT2D eigenvalue weighted by molar-refractivity contribution is 6.02. The minimum absolute atomic E-state index is 0.0271. The van der Waals surface area contributed by atoms with Crippen LogP contribution in [0.4, 0.5) is 0 Å². The van der Waals surface area contributed by atoms with Crippen molar-refractivity contribution in [2.45, 2.75) is 53.0 Å². The van der Waals surface area contributed by atoms with Crippen LogP contribution in [0.3, 0.4) is 0 Å². The molecule has 0 rings (SSSR count). The molecule has 4 N–H and O–H groups in total. The number of nitrogens with two attached hydrogens (primary N) is 1. The van der Waals surface area contributed by atoms with Crippen LogP contribution < -0.4 is 11.1 Å². The van der Waals surface area contributed by atoms with Gasteiger partial charge in [0, 0.05) is 6.04 Å². The van der Waals surface area contributed by atoms with Crippen LogP contribution in [-0.4, -0.2) is 23.0 Å². The minimum atomic E-state index is -0.542. The van der Waals surface area contributed by atoms with Crippen molar-refractivity contribution >= 4 is 11.7 Å². The molecule has 0 saturated heterocycles. The van der Waals surface area contributed by atoms with Crippen molar-refractivity contribution in [3.8, 4) is 0 Å². The summed E-state index contributed by atoms with van der Waals surface area (Å²) in [4.78, 5) is 11.9. The predicted molar refractivity (Wildman–Crippen MR) is 68.9 cm³/mol. The quantitative estimate of drug-likeness (QED) is 0.275. The maximum atomic E-state index is 11.9. The van der Waals surface area contributed by atoms with Gasteiger partial charge in [-0.2, -0.15) is 0 Å². The summed E-state index contributed by atoms with van der Waals surface area (Å²) >= 11 is 0. The van der Waals surface area contributed by atoms with Gasteiger partial charge in [0.1, 0.15) is 0 Å². The van der Waals surface area contributed by atoms with Crippen molar-refractivity contribution in [3.05, 3.63) is 0 Å². The van der Waals surface area contributed by atoms with Crippen molar-refractivity contribution in [1.82, 2.24) is 5.32 Å². The molecule has 0 radical (unpaired) electrons. The number of rotatable bonds is 7. The van der Waals surface area contributed by atoms with Crippen LogP contribution in [0, 0.1) is 11.8 Å². The molecular formula is C12H25N3O2. The molecule has 3 unspecified atom stereocenters. The number of oxime groups is 1. The Hall–Kier alpha value is -1.26. The number of amidine groups is 1. The van der Waals surface area contributed by atoms with Gasteiger partial charge in [0.15, 0.2) is 5.84 Å². The number of hydrogen-bond acceptors (Lipinski definition) is 3. The smallest absolute Gasteiger partial charge is 0.231 e. The van der Waals surface area contributed by atoms with Crippen molar-refractivity contribution in [2.75, 3.05) is 0 Å². The van der Waals surface area contributed by atoms with E-state index in [-0.39, 0.29) is 17.8 Å². The number of nitrogens with zero attached hydrogens (tertiary/aromatic N) is 1. The van der Waals surface area contributed by atoms with E-state index in [0.717, 1.165) is 12.8 Å². The van der Waals surface area contributed by atoms with Crippen molar-refractivity contribution in [3.63, 3.8) is 0 Å². The topological polar surface area (TPSA) is 87.7 Å². The van der Waals surface area contributed by atoms with Crippen LogP contribution in [0.1, 0.15) is 47.0 Å². The first-order valence-electron chi connectivity index (χ1n) is 6.23. The Morgan fingerprint density at radius 3 is 2.35 bits per heavy atom. The van der Waals surface area contributed by atoms with Gasteiger partial charge in [0.05, 0.1) is 5.92 Å². The molecule has 0 aliphatic carbocycles. The molecule has 0 aromatic heterocycles. The highest BCUT2D eigenvalue weighted by atomic mass is 16.4. The first kappa shape index (κ1) is 15.7. The largest absolute Gasteiger partial charge is 0.409 e. The monoisotopic (exact) mass is 243 g/mol. The third kappa shape index (κ3) is 5.56. The predicted octanol–water partition coefficient (Wildman–Crippen LogP) is 1.70. The van der Waals surface area contributed by atoms with Crippen LogP contribution in [-0.2, 0) is 4.79 Å². The summed E-state index contributed by atoms with van der Waals surface area (Å²) in [6.45, 7) is 8.10. The zero-order valence-electron chi connectivity index (χ0n) is 11.2. The Kier molecular flexibility index (Phi) is 7.34. The number of carbonyl (C=O) groups excluding carboxylic acids is 1. The number of amides is 1. The van der Waals surface area contributed by atoms with E-state index in [1.165, 1.54) is 0 Å². The van der Waals surface area contributed by atoms with E-state index < -0.39 is 5.92 Å². The molecule has 17 heavy (non-hydrogen) atoms. The van der Waals surface area contributed by atoms with Crippen LogP contribution in [0.15, 0.2) is 5.16 Å². The maximum Gasteiger partial charge on any atom is 0.231 e. The molecule has 100 valence electrons. The summed E-state index contributed by atoms with van der Waals surface area (Å²) in [5.41, 5.74) is 5.47. The third-order valence-corrected chi connectivity index (χ3v) is 3.04. The molecule has 5 nitrogen and oxygen atoms in total. The fraction of sp³-hybridized carbons (Fsp3) is 0.833. The van der Waals surface area contributed by atoms with Crippen LogP contribution in [0.25, 0.3) is 0 Å². The summed E-state index contributed by atoms with van der Waals surface area (Å²) in [6.07, 6.45) is 2.56. The molecule has 1 amide bonds. The fourth-order valence-electron chi connectivity index (χ4n) is 1.77. The second-order valence-corrected chi connectivity index (χ2v) is 4.64. The normalized spacial score (nSPS) is 17.3. The Morgan fingerprint density at radius 1 is 1.35 bits per heavy atom. The molecule has 0 aromatic rings. The molecule has 3 atom stereocenters. The lowest BCUT2D eigenvalue weighted by Gasteiger charge is -2.20. The van der Waals surface area contributed by atoms with Gasteiger partial charge in [-0.1, -0.05) is 32.3 Å². The second kappa shape index (κ2) is 7.92. The van der Waals surface area contributed by atoms with Crippen LogP contribution >= 0.6 is 0 Å². The van der Waals surface area contributed by atoms with E-state index in [4.69, 9.17) is 10.9 Å². The molecule has 0 bridgehead atoms. The summed E-state index contributed by atoms with van der Waals surface area (Å²) in [7, 11) is 0. The van der Waals surface area contributed by atoms with Crippen LogP contribution in [0.5, 0.6) is 0 Å². The lowest BCUT2D eigenvalue weighted by atomic mass is 9.99. The second-order valence-electron chi connectivity index (χ2n) is 4.64. The standard InChI is InChI=1S/C12H25N3O2/c1-5-8(3)7-9(4)14-12(16)10(6-2)11(13)15-17/h8-10,17H,5-7H2,1-4H3,(H2,13,15)(H,14,16). The highest BCUT2D eigenvalue weighted by Gasteiger charge is 2.22. The summed E-state index contributed by atoms with van der Waals surface area (Å²) in [6, 6.07) is 0.109. The molecule has 0 spiro atoms. The average Bonchev–Trinajstić information content (AvgIpc) is 2.28. The van der Waals surface area contributed by atoms with Gasteiger partial charge in [-0.25, -0.2) is 0 Å². The van der Waals surface area contributed by atoms with E-state index >= 15 is 0 Å². The molecule has 0 fully saturated rings. The number of carbonyl (C=O) groups is 1. The zero-order chi connectivity index (χ0) is 13.4. The Labute approximate surface area is 103 Å². The minimum Gasteiger partial charge on any atom is -0.409 e. The molecule has 0 saturated carbocycles. The van der Waals surface area contributed by atoms with E-state index in [2.05, 4.69) is 24.3 Å². The molecule has 0 heterocycles. The molecule has 0 aliphatic rings. The molecule has 5 heteroatoms. The Bertz CT molecular complexity index is 266. The van der Waals surface area contributed by atoms with E-state index in [1.54, 1.807) is 0 Å². The average molecular weight is 243 g/mol. The van der Waals surface area contributed by atoms with Gasteiger partial charge in [-0.05, 0) is 25.7 Å². The zero-order valence-corrected chi connectivity index (χ0v) is 11.2. The van der Waals surface area contributed by atoms with E-state index in [1.807, 2.05) is 13.8 Å². The van der Waals surface area contributed by atoms with Gasteiger partial charge in [-0.3, -0.25) is 4.79 Å². The van der Waals surface area contributed by atoms with Gasteiger partial charge >= 0.3 is 0 Å². The first-order valence-corrected chi connectivity index (χ1v) is 6.23. The van der Waals surface area contributed by atoms with Crippen molar-refractivity contribution in [1.29, 1.82) is 0 Å². The van der Waals surface area contributed by atoms with Crippen molar-refractivity contribution < 1.29 is 10.0 Å². The van der Waals surface area contributed by atoms with E-state index in [0.29, 0.717) is 12.3 Å². The summed E-state index contributed by atoms with van der Waals surface area (Å²) in [5.74, 6) is -0.159. The molecular weight excluding hydrogens is 218 g/mol. The third-order valence-electron chi connectivity index (χ3n) is 3.04. The lowest BCUT2D eigenvalue weighted by Crippen LogP contribution is -2.42. The number of hydrogen-bond donors (Lipinski definition) is 3. The highest BCUT2D eigenvalue weighted by Crippen LogP contribution is 2.11. The molecule has 0 aromatic carbocycles. The van der Waals surface area contributed by atoms with Crippen molar-refractivity contribution in [2.24, 2.45) is 22.7 Å². The Morgan fingerprint density at radius 2 is 1.94 bits per heavy atom. The van der Waals surface area contributed by atoms with Gasteiger partial charge < -0.3 is 16.3 Å². The Balaban J connectivity index is 4.32. The first-order chi connectivity index (χ1) is 7.96. The SMILES string of the molecule is CCC(C)CC(C)NC(=O)C(CC)C(N)=NO. The summed E-state index contributed by atoms with van der Waals surface area (Å²) < 4.78 is 0. The number of nitrogens with one attached hydrogen (secondary N) is 1. The van der Waals surface area contributed by atoms with Gasteiger partial charge in [0.25, 0.3) is 0 Å². The molecule has 0 aliphatic heterocycles. The lowest BCUT2D eigenvalue weighted by molar-refractivity contribution is -0.123. The maximum absolute atomic E-state index is 11.9. The van der Waals surface area contributed by atoms with Gasteiger partial charge in [0.2, 0.25) is 5.91 Å². The summed E-state index contributed by atoms with van der Waals surface area (Å²) in [5, 5.41) is 14.4.